The van der Waals surface area contributed by atoms with Crippen molar-refractivity contribution in [2.75, 3.05) is 0 Å². The van der Waals surface area contributed by atoms with Crippen molar-refractivity contribution in [2.45, 2.75) is 25.8 Å². The van der Waals surface area contributed by atoms with Gasteiger partial charge in [0.15, 0.2) is 5.82 Å². The number of tetrazole rings is 1. The standard InChI is InChI=1S/C20H19N7O2/c28-19(21-13-18-24-25-26-27(18)14-7-2-1-3-8-14)12-6-11-17-22-16-10-5-4-9-15(16)20(29)23-17/h1-5,7-10H,6,11-13H2,(H,21,28)(H,22,23,29). The molecule has 0 aliphatic carbocycles. The number of carbonyl (C=O) groups excluding carboxylic acids is 1. The molecule has 0 aliphatic rings. The van der Waals surface area contributed by atoms with E-state index in [-0.39, 0.29) is 18.0 Å². The second-order valence-corrected chi connectivity index (χ2v) is 6.50. The Bertz CT molecular complexity index is 1180. The zero-order valence-corrected chi connectivity index (χ0v) is 15.6. The predicted octanol–water partition coefficient (Wildman–Crippen LogP) is 1.54. The molecule has 1 amide bonds. The molecule has 0 fully saturated rings. The van der Waals surface area contributed by atoms with Gasteiger partial charge >= 0.3 is 0 Å². The molecule has 2 aromatic carbocycles. The van der Waals surface area contributed by atoms with E-state index in [9.17, 15) is 9.59 Å². The van der Waals surface area contributed by atoms with Gasteiger partial charge in [0.25, 0.3) is 5.56 Å². The predicted molar refractivity (Wildman–Crippen MR) is 106 cm³/mol. The van der Waals surface area contributed by atoms with Gasteiger partial charge in [0.1, 0.15) is 5.82 Å². The fourth-order valence-electron chi connectivity index (χ4n) is 3.02. The van der Waals surface area contributed by atoms with Crippen LogP contribution in [0.1, 0.15) is 24.5 Å². The van der Waals surface area contributed by atoms with Gasteiger partial charge in [-0.25, -0.2) is 4.98 Å². The Labute approximate surface area is 165 Å². The van der Waals surface area contributed by atoms with Crippen LogP contribution >= 0.6 is 0 Å². The van der Waals surface area contributed by atoms with Crippen molar-refractivity contribution < 1.29 is 4.79 Å². The van der Waals surface area contributed by atoms with Gasteiger partial charge in [-0.2, -0.15) is 4.68 Å². The second-order valence-electron chi connectivity index (χ2n) is 6.50. The van der Waals surface area contributed by atoms with E-state index in [1.807, 2.05) is 36.4 Å². The molecule has 29 heavy (non-hydrogen) atoms. The molecule has 4 aromatic rings. The number of fused-ring (bicyclic) bond motifs is 1. The summed E-state index contributed by atoms with van der Waals surface area (Å²) in [6.45, 7) is 0.228. The third-order valence-corrected chi connectivity index (χ3v) is 4.46. The number of nitrogens with zero attached hydrogens (tertiary/aromatic N) is 5. The summed E-state index contributed by atoms with van der Waals surface area (Å²) in [5.74, 6) is 1.01. The molecular formula is C20H19N7O2. The van der Waals surface area contributed by atoms with Crippen LogP contribution in [0.15, 0.2) is 59.4 Å². The summed E-state index contributed by atoms with van der Waals surface area (Å²) >= 11 is 0. The molecule has 146 valence electrons. The highest BCUT2D eigenvalue weighted by Crippen LogP contribution is 2.08. The van der Waals surface area contributed by atoms with Crippen molar-refractivity contribution in [1.82, 2.24) is 35.5 Å². The maximum Gasteiger partial charge on any atom is 0.258 e. The lowest BCUT2D eigenvalue weighted by molar-refractivity contribution is -0.121. The molecule has 2 heterocycles. The number of hydrogen-bond donors (Lipinski definition) is 2. The fourth-order valence-corrected chi connectivity index (χ4v) is 3.02. The maximum absolute atomic E-state index is 12.2. The number of hydrogen-bond acceptors (Lipinski definition) is 6. The SMILES string of the molecule is O=C(CCCc1nc2ccccc2c(=O)[nH]1)NCc1nnnn1-c1ccccc1. The molecule has 2 N–H and O–H groups in total. The quantitative estimate of drug-likeness (QED) is 0.495. The monoisotopic (exact) mass is 389 g/mol. The first-order chi connectivity index (χ1) is 14.2. The van der Waals surface area contributed by atoms with Crippen LogP contribution in [0.25, 0.3) is 16.6 Å². The lowest BCUT2D eigenvalue weighted by Gasteiger charge is -2.06. The number of para-hydroxylation sites is 2. The van der Waals surface area contributed by atoms with Gasteiger partial charge in [0, 0.05) is 12.8 Å². The van der Waals surface area contributed by atoms with E-state index >= 15 is 0 Å². The topological polar surface area (TPSA) is 118 Å². The molecule has 0 atom stereocenters. The van der Waals surface area contributed by atoms with Crippen molar-refractivity contribution >= 4 is 16.8 Å². The van der Waals surface area contributed by atoms with Gasteiger partial charge in [-0.15, -0.1) is 5.10 Å². The first-order valence-corrected chi connectivity index (χ1v) is 9.28. The van der Waals surface area contributed by atoms with E-state index in [0.29, 0.717) is 41.8 Å². The normalized spacial score (nSPS) is 10.9. The van der Waals surface area contributed by atoms with E-state index in [4.69, 9.17) is 0 Å². The molecule has 9 heteroatoms. The summed E-state index contributed by atoms with van der Waals surface area (Å²) in [5, 5.41) is 15.0. The molecular weight excluding hydrogens is 370 g/mol. The van der Waals surface area contributed by atoms with E-state index in [1.54, 1.807) is 22.9 Å². The highest BCUT2D eigenvalue weighted by atomic mass is 16.1. The van der Waals surface area contributed by atoms with Crippen LogP contribution in [0, 0.1) is 0 Å². The minimum Gasteiger partial charge on any atom is -0.349 e. The summed E-state index contributed by atoms with van der Waals surface area (Å²) in [6, 6.07) is 16.7. The van der Waals surface area contributed by atoms with Crippen molar-refractivity contribution in [3.05, 3.63) is 76.6 Å². The highest BCUT2D eigenvalue weighted by molar-refractivity contribution is 5.77. The Morgan fingerprint density at radius 1 is 1.07 bits per heavy atom. The van der Waals surface area contributed by atoms with Gasteiger partial charge in [0.2, 0.25) is 5.91 Å². The Morgan fingerprint density at radius 2 is 1.86 bits per heavy atom. The van der Waals surface area contributed by atoms with Crippen molar-refractivity contribution in [1.29, 1.82) is 0 Å². The summed E-state index contributed by atoms with van der Waals surface area (Å²) in [7, 11) is 0. The largest absolute Gasteiger partial charge is 0.349 e. The van der Waals surface area contributed by atoms with Gasteiger partial charge in [-0.1, -0.05) is 30.3 Å². The van der Waals surface area contributed by atoms with Crippen molar-refractivity contribution in [2.24, 2.45) is 0 Å². The van der Waals surface area contributed by atoms with Crippen LogP contribution < -0.4 is 10.9 Å². The Kier molecular flexibility index (Phi) is 5.37. The fraction of sp³-hybridized carbons (Fsp3) is 0.200. The molecule has 0 radical (unpaired) electrons. The average molecular weight is 389 g/mol. The van der Waals surface area contributed by atoms with E-state index in [1.165, 1.54) is 0 Å². The number of aryl methyl sites for hydroxylation is 1. The Balaban J connectivity index is 1.30. The lowest BCUT2D eigenvalue weighted by Crippen LogP contribution is -2.24. The van der Waals surface area contributed by atoms with E-state index < -0.39 is 0 Å². The first kappa shape index (κ1) is 18.5. The molecule has 4 rings (SSSR count). The third kappa shape index (κ3) is 4.34. The number of aromatic nitrogens is 6. The van der Waals surface area contributed by atoms with Crippen molar-refractivity contribution in [3.63, 3.8) is 0 Å². The maximum atomic E-state index is 12.2. The number of H-pyrrole nitrogens is 1. The average Bonchev–Trinajstić information content (AvgIpc) is 3.22. The zero-order valence-electron chi connectivity index (χ0n) is 15.6. The summed E-state index contributed by atoms with van der Waals surface area (Å²) in [4.78, 5) is 31.5. The lowest BCUT2D eigenvalue weighted by atomic mass is 10.2. The molecule has 0 spiro atoms. The van der Waals surface area contributed by atoms with Gasteiger partial charge in [-0.3, -0.25) is 9.59 Å². The third-order valence-electron chi connectivity index (χ3n) is 4.46. The minimum atomic E-state index is -0.164. The van der Waals surface area contributed by atoms with Crippen LogP contribution in [0.5, 0.6) is 0 Å². The smallest absolute Gasteiger partial charge is 0.258 e. The summed E-state index contributed by atoms with van der Waals surface area (Å²) in [6.07, 6.45) is 1.38. The van der Waals surface area contributed by atoms with E-state index in [0.717, 1.165) is 5.69 Å². The molecule has 0 saturated heterocycles. The number of benzene rings is 2. The molecule has 0 aliphatic heterocycles. The van der Waals surface area contributed by atoms with Crippen LogP contribution in [0.2, 0.25) is 0 Å². The number of amides is 1. The molecule has 0 bridgehead atoms. The summed E-state index contributed by atoms with van der Waals surface area (Å²) in [5.41, 5.74) is 1.32. The van der Waals surface area contributed by atoms with Crippen LogP contribution in [-0.4, -0.2) is 36.1 Å². The van der Waals surface area contributed by atoms with Gasteiger partial charge in [0.05, 0.1) is 23.1 Å². The highest BCUT2D eigenvalue weighted by Gasteiger charge is 2.10. The number of rotatable bonds is 7. The summed E-state index contributed by atoms with van der Waals surface area (Å²) < 4.78 is 1.59. The van der Waals surface area contributed by atoms with Gasteiger partial charge < -0.3 is 10.3 Å². The van der Waals surface area contributed by atoms with Crippen LogP contribution in [0.3, 0.4) is 0 Å². The zero-order chi connectivity index (χ0) is 20.1. The number of nitrogens with one attached hydrogen (secondary N) is 2. The molecule has 0 unspecified atom stereocenters. The van der Waals surface area contributed by atoms with Crippen LogP contribution in [0.4, 0.5) is 0 Å². The van der Waals surface area contributed by atoms with Crippen LogP contribution in [-0.2, 0) is 17.8 Å². The molecule has 9 nitrogen and oxygen atoms in total. The number of carbonyl (C=O) groups is 1. The first-order valence-electron chi connectivity index (χ1n) is 9.28. The minimum absolute atomic E-state index is 0.115. The molecule has 0 saturated carbocycles. The Hall–Kier alpha value is -3.88. The second kappa shape index (κ2) is 8.42. The molecule has 2 aromatic heterocycles. The van der Waals surface area contributed by atoms with E-state index in [2.05, 4.69) is 30.8 Å². The van der Waals surface area contributed by atoms with Crippen molar-refractivity contribution in [3.8, 4) is 5.69 Å². The number of aromatic amines is 1. The Morgan fingerprint density at radius 3 is 2.72 bits per heavy atom. The van der Waals surface area contributed by atoms with Gasteiger partial charge in [-0.05, 0) is 41.1 Å².